The first-order valence-electron chi connectivity index (χ1n) is 11.2. The summed E-state index contributed by atoms with van der Waals surface area (Å²) in [5, 5.41) is 10.8. The number of hydrogen-bond acceptors (Lipinski definition) is 4. The van der Waals surface area contributed by atoms with E-state index in [4.69, 9.17) is 0 Å². The van der Waals surface area contributed by atoms with E-state index in [1.165, 1.54) is 0 Å². The van der Waals surface area contributed by atoms with Crippen LogP contribution in [0.1, 0.15) is 97.9 Å². The van der Waals surface area contributed by atoms with Gasteiger partial charge in [-0.05, 0) is 16.2 Å². The van der Waals surface area contributed by atoms with Crippen LogP contribution >= 0.6 is 0 Å². The molecule has 3 atom stereocenters. The molecular weight excluding hydrogens is 368 g/mol. The minimum absolute atomic E-state index is 0. The minimum Gasteiger partial charge on any atom is -0.373 e. The summed E-state index contributed by atoms with van der Waals surface area (Å²) in [7, 11) is 0. The van der Waals surface area contributed by atoms with Gasteiger partial charge in [0.25, 0.3) is 0 Å². The van der Waals surface area contributed by atoms with Gasteiger partial charge in [0.1, 0.15) is 5.84 Å². The van der Waals surface area contributed by atoms with Crippen LogP contribution in [-0.4, -0.2) is 44.1 Å². The van der Waals surface area contributed by atoms with E-state index in [9.17, 15) is 0 Å². The van der Waals surface area contributed by atoms with Crippen molar-refractivity contribution in [3.05, 3.63) is 0 Å². The normalized spacial score (nSPS) is 25.5. The summed E-state index contributed by atoms with van der Waals surface area (Å²) in [6.45, 7) is 31.5. The minimum atomic E-state index is 0. The molecule has 2 aliphatic rings. The van der Waals surface area contributed by atoms with E-state index in [2.05, 4.69) is 104 Å². The quantitative estimate of drug-likeness (QED) is 0.447. The smallest absolute Gasteiger partial charge is 0.102 e. The zero-order valence-electron chi connectivity index (χ0n) is 21.0. The maximum Gasteiger partial charge on any atom is 0.102 e. The van der Waals surface area contributed by atoms with Crippen molar-refractivity contribution in [3.8, 4) is 0 Å². The van der Waals surface area contributed by atoms with E-state index in [0.717, 1.165) is 32.0 Å². The maximum atomic E-state index is 4.65. The van der Waals surface area contributed by atoms with Gasteiger partial charge in [-0.3, -0.25) is 4.99 Å². The zero-order chi connectivity index (χ0) is 22.0. The third-order valence-electron chi connectivity index (χ3n) is 6.15. The molecule has 30 heavy (non-hydrogen) atoms. The average Bonchev–Trinajstić information content (AvgIpc) is 2.52. The second kappa shape index (κ2) is 11.3. The van der Waals surface area contributed by atoms with Gasteiger partial charge in [0.15, 0.2) is 0 Å². The number of hydrogen-bond donors (Lipinski definition) is 3. The molecule has 0 aromatic carbocycles. The Morgan fingerprint density at radius 3 is 1.23 bits per heavy atom. The number of aliphatic imine (C=N–C) groups is 1. The monoisotopic (exact) mass is 426 g/mol. The van der Waals surface area contributed by atoms with Gasteiger partial charge in [-0.15, -0.1) is 0 Å². The van der Waals surface area contributed by atoms with Crippen LogP contribution in [0.4, 0.5) is 0 Å². The molecule has 4 heteroatoms. The van der Waals surface area contributed by atoms with E-state index in [1.54, 1.807) is 0 Å². The fourth-order valence-corrected chi connectivity index (χ4v) is 3.51. The standard InChI is InChI=1S/C12H26N2.C12H24N2.2CH4/c1-11(2,3)9-7-14-10(8-13-9)12(4,5)6;1-11(2,3)9-7-13-10(14-8-9)12(4,5)6;;/h9-10,13-14H,7-8H2,1-6H3;9H,7-8H2,1-6H3,(H,13,14);2*1H4. The van der Waals surface area contributed by atoms with Gasteiger partial charge in [-0.2, -0.15) is 0 Å². The third-order valence-corrected chi connectivity index (χ3v) is 6.15. The van der Waals surface area contributed by atoms with Gasteiger partial charge < -0.3 is 16.0 Å². The van der Waals surface area contributed by atoms with Crippen LogP contribution in [0, 0.1) is 27.6 Å². The summed E-state index contributed by atoms with van der Waals surface area (Å²) < 4.78 is 0. The lowest BCUT2D eigenvalue weighted by molar-refractivity contribution is 0.161. The fraction of sp³-hybridized carbons (Fsp3) is 0.962. The lowest BCUT2D eigenvalue weighted by Gasteiger charge is -2.43. The molecule has 4 nitrogen and oxygen atoms in total. The SMILES string of the molecule is C.C.CC(C)(C)C1=NCC(C(C)(C)C)CN1.CC(C)(C)C1CNC(C(C)(C)C)CN1. The molecule has 182 valence electrons. The predicted molar refractivity (Wildman–Crippen MR) is 139 cm³/mol. The molecular formula is C26H58N4. The maximum absolute atomic E-state index is 4.65. The Balaban J connectivity index is 0. The fourth-order valence-electron chi connectivity index (χ4n) is 3.51. The number of nitrogens with zero attached hydrogens (tertiary/aromatic N) is 1. The first-order valence-corrected chi connectivity index (χ1v) is 11.2. The third kappa shape index (κ3) is 10.1. The Morgan fingerprint density at radius 2 is 1.03 bits per heavy atom. The highest BCUT2D eigenvalue weighted by atomic mass is 15.1. The molecule has 0 aromatic rings. The van der Waals surface area contributed by atoms with Gasteiger partial charge in [0, 0.05) is 49.6 Å². The van der Waals surface area contributed by atoms with Gasteiger partial charge in [-0.1, -0.05) is 97.9 Å². The molecule has 0 spiro atoms. The molecule has 0 saturated carbocycles. The van der Waals surface area contributed by atoms with Gasteiger partial charge >= 0.3 is 0 Å². The summed E-state index contributed by atoms with van der Waals surface area (Å²) in [4.78, 5) is 4.65. The summed E-state index contributed by atoms with van der Waals surface area (Å²) in [6, 6.07) is 1.20. The van der Waals surface area contributed by atoms with Crippen molar-refractivity contribution in [1.82, 2.24) is 16.0 Å². The molecule has 0 amide bonds. The number of nitrogens with one attached hydrogen (secondary N) is 3. The molecule has 0 aromatic heterocycles. The second-order valence-corrected chi connectivity index (χ2v) is 13.0. The largest absolute Gasteiger partial charge is 0.373 e. The Hall–Kier alpha value is -0.610. The molecule has 2 rings (SSSR count). The molecule has 0 radical (unpaired) electrons. The van der Waals surface area contributed by atoms with Crippen molar-refractivity contribution in [2.75, 3.05) is 26.2 Å². The lowest BCUT2D eigenvalue weighted by Crippen LogP contribution is -2.61. The van der Waals surface area contributed by atoms with Crippen molar-refractivity contribution >= 4 is 5.84 Å². The van der Waals surface area contributed by atoms with Crippen LogP contribution in [0.15, 0.2) is 4.99 Å². The van der Waals surface area contributed by atoms with Crippen molar-refractivity contribution in [1.29, 1.82) is 0 Å². The van der Waals surface area contributed by atoms with Gasteiger partial charge in [-0.25, -0.2) is 0 Å². The molecule has 3 N–H and O–H groups in total. The molecule has 2 heterocycles. The lowest BCUT2D eigenvalue weighted by atomic mass is 9.79. The van der Waals surface area contributed by atoms with Gasteiger partial charge in [0.2, 0.25) is 0 Å². The molecule has 1 fully saturated rings. The van der Waals surface area contributed by atoms with E-state index in [0.29, 0.717) is 34.2 Å². The average molecular weight is 427 g/mol. The Bertz CT molecular complexity index is 479. The van der Waals surface area contributed by atoms with Crippen LogP contribution < -0.4 is 16.0 Å². The van der Waals surface area contributed by atoms with Crippen molar-refractivity contribution < 1.29 is 0 Å². The zero-order valence-corrected chi connectivity index (χ0v) is 21.0. The Kier molecular flexibility index (Phi) is 11.9. The highest BCUT2D eigenvalue weighted by Crippen LogP contribution is 2.29. The number of rotatable bonds is 0. The Labute approximate surface area is 190 Å². The summed E-state index contributed by atoms with van der Waals surface area (Å²) in [6.07, 6.45) is 0. The molecule has 0 bridgehead atoms. The molecule has 0 aliphatic carbocycles. The van der Waals surface area contributed by atoms with Crippen molar-refractivity contribution in [3.63, 3.8) is 0 Å². The Morgan fingerprint density at radius 1 is 0.633 bits per heavy atom. The van der Waals surface area contributed by atoms with Gasteiger partial charge in [0.05, 0.1) is 0 Å². The molecule has 1 saturated heterocycles. The van der Waals surface area contributed by atoms with Crippen LogP contribution in [0.25, 0.3) is 0 Å². The van der Waals surface area contributed by atoms with Crippen LogP contribution in [0.5, 0.6) is 0 Å². The first kappa shape index (κ1) is 31.6. The first-order chi connectivity index (χ1) is 12.4. The van der Waals surface area contributed by atoms with E-state index in [-0.39, 0.29) is 20.3 Å². The highest BCUT2D eigenvalue weighted by Gasteiger charge is 2.33. The van der Waals surface area contributed by atoms with Crippen molar-refractivity contribution in [2.45, 2.75) is 110 Å². The van der Waals surface area contributed by atoms with E-state index < -0.39 is 0 Å². The van der Waals surface area contributed by atoms with E-state index >= 15 is 0 Å². The van der Waals surface area contributed by atoms with Crippen LogP contribution in [-0.2, 0) is 0 Å². The molecule has 2 aliphatic heterocycles. The second-order valence-electron chi connectivity index (χ2n) is 13.0. The van der Waals surface area contributed by atoms with E-state index in [1.807, 2.05) is 0 Å². The number of piperazine rings is 1. The highest BCUT2D eigenvalue weighted by molar-refractivity contribution is 5.87. The summed E-state index contributed by atoms with van der Waals surface area (Å²) in [5.41, 5.74) is 1.24. The van der Waals surface area contributed by atoms with Crippen LogP contribution in [0.2, 0.25) is 0 Å². The summed E-state index contributed by atoms with van der Waals surface area (Å²) >= 11 is 0. The summed E-state index contributed by atoms with van der Waals surface area (Å²) in [5.74, 6) is 1.83. The van der Waals surface area contributed by atoms with Crippen LogP contribution in [0.3, 0.4) is 0 Å². The predicted octanol–water partition coefficient (Wildman–Crippen LogP) is 5.98. The number of amidine groups is 1. The topological polar surface area (TPSA) is 48.5 Å². The van der Waals surface area contributed by atoms with Crippen molar-refractivity contribution in [2.24, 2.45) is 32.6 Å². The molecule has 3 unspecified atom stereocenters.